The Morgan fingerprint density at radius 2 is 2.05 bits per heavy atom. The van der Waals surface area contributed by atoms with Gasteiger partial charge in [-0.05, 0) is 24.3 Å². The van der Waals surface area contributed by atoms with Gasteiger partial charge in [0.1, 0.15) is 17.4 Å². The maximum Gasteiger partial charge on any atom is 0.247 e. The number of nitriles is 1. The van der Waals surface area contributed by atoms with E-state index < -0.39 is 0 Å². The summed E-state index contributed by atoms with van der Waals surface area (Å²) in [4.78, 5) is 11.1. The summed E-state index contributed by atoms with van der Waals surface area (Å²) in [5, 5.41) is 10.2. The maximum atomic E-state index is 11.1. The van der Waals surface area contributed by atoms with Crippen LogP contribution in [0.3, 0.4) is 0 Å². The predicted molar refractivity (Wildman–Crippen MR) is 77.8 cm³/mol. The van der Waals surface area contributed by atoms with Crippen LogP contribution in [-0.2, 0) is 0 Å². The quantitative estimate of drug-likeness (QED) is 0.665. The van der Waals surface area contributed by atoms with Gasteiger partial charge in [0, 0.05) is 11.1 Å². The molecule has 1 aromatic heterocycles. The summed E-state index contributed by atoms with van der Waals surface area (Å²) < 4.78 is 11.1. The molecule has 0 atom stereocenters. The molecule has 0 fully saturated rings. The minimum atomic E-state index is 0.0491. The van der Waals surface area contributed by atoms with E-state index in [4.69, 9.17) is 26.0 Å². The number of rotatable bonds is 3. The highest BCUT2D eigenvalue weighted by molar-refractivity contribution is 6.30. The molecule has 0 saturated heterocycles. The van der Waals surface area contributed by atoms with E-state index in [0.717, 1.165) is 0 Å². The Morgan fingerprint density at radius 3 is 2.81 bits per heavy atom. The second kappa shape index (κ2) is 5.31. The molecule has 0 saturated carbocycles. The van der Waals surface area contributed by atoms with Crippen molar-refractivity contribution in [2.75, 3.05) is 0 Å². The largest absolute Gasteiger partial charge is 0.451 e. The Bertz CT molecular complexity index is 877. The van der Waals surface area contributed by atoms with Gasteiger partial charge < -0.3 is 9.15 Å². The first kappa shape index (κ1) is 13.2. The average molecular weight is 298 g/mol. The van der Waals surface area contributed by atoms with E-state index >= 15 is 0 Å². The number of furan rings is 1. The Hall–Kier alpha value is -2.77. The van der Waals surface area contributed by atoms with Gasteiger partial charge in [-0.3, -0.25) is 4.79 Å². The molecular formula is C16H8ClNO3. The number of hydrogen-bond donors (Lipinski definition) is 0. The highest BCUT2D eigenvalue weighted by Gasteiger charge is 2.17. The second-order valence-electron chi connectivity index (χ2n) is 4.27. The molecule has 0 bridgehead atoms. The van der Waals surface area contributed by atoms with Crippen LogP contribution in [0.15, 0.2) is 46.9 Å². The van der Waals surface area contributed by atoms with Gasteiger partial charge in [-0.1, -0.05) is 23.7 Å². The van der Waals surface area contributed by atoms with Crippen LogP contribution in [0.4, 0.5) is 0 Å². The highest BCUT2D eigenvalue weighted by atomic mass is 35.5. The van der Waals surface area contributed by atoms with E-state index in [0.29, 0.717) is 27.8 Å². The van der Waals surface area contributed by atoms with E-state index in [1.807, 2.05) is 12.1 Å². The van der Waals surface area contributed by atoms with E-state index in [9.17, 15) is 4.79 Å². The fraction of sp³-hybridized carbons (Fsp3) is 0. The first-order valence-electron chi connectivity index (χ1n) is 6.07. The van der Waals surface area contributed by atoms with Crippen molar-refractivity contribution in [3.63, 3.8) is 0 Å². The molecule has 0 spiro atoms. The van der Waals surface area contributed by atoms with Gasteiger partial charge in [0.2, 0.25) is 5.76 Å². The van der Waals surface area contributed by atoms with Crippen LogP contribution in [0.5, 0.6) is 11.5 Å². The lowest BCUT2D eigenvalue weighted by Crippen LogP contribution is -1.91. The second-order valence-corrected chi connectivity index (χ2v) is 4.71. The molecule has 4 nitrogen and oxygen atoms in total. The number of benzene rings is 2. The number of fused-ring (bicyclic) bond motifs is 1. The molecule has 0 amide bonds. The van der Waals surface area contributed by atoms with Crippen LogP contribution in [0.25, 0.3) is 11.0 Å². The zero-order valence-electron chi connectivity index (χ0n) is 10.7. The highest BCUT2D eigenvalue weighted by Crippen LogP contribution is 2.37. The van der Waals surface area contributed by atoms with Crippen LogP contribution < -0.4 is 4.74 Å². The fourth-order valence-electron chi connectivity index (χ4n) is 2.00. The maximum absolute atomic E-state index is 11.1. The topological polar surface area (TPSA) is 63.2 Å². The standard InChI is InChI=1S/C16H8ClNO3/c17-11-6-5-10(9-19)14(7-11)21-16-12-3-1-2-4-13(12)20-15(16)8-18/h1-7,9H. The summed E-state index contributed by atoms with van der Waals surface area (Å²) in [6.45, 7) is 0. The third-order valence-corrected chi connectivity index (χ3v) is 3.20. The van der Waals surface area contributed by atoms with Gasteiger partial charge in [-0.25, -0.2) is 0 Å². The number of carbonyl (C=O) groups excluding carboxylic acids is 1. The fourth-order valence-corrected chi connectivity index (χ4v) is 2.16. The first-order valence-corrected chi connectivity index (χ1v) is 6.45. The molecule has 0 aliphatic heterocycles. The molecule has 3 aromatic rings. The van der Waals surface area contributed by atoms with Crippen molar-refractivity contribution in [1.29, 1.82) is 5.26 Å². The Kier molecular flexibility index (Phi) is 3.35. The number of nitrogens with zero attached hydrogens (tertiary/aromatic N) is 1. The third-order valence-electron chi connectivity index (χ3n) is 2.97. The number of halogens is 1. The smallest absolute Gasteiger partial charge is 0.247 e. The van der Waals surface area contributed by atoms with Crippen LogP contribution >= 0.6 is 11.6 Å². The van der Waals surface area contributed by atoms with Crippen molar-refractivity contribution < 1.29 is 13.9 Å². The molecule has 0 aliphatic rings. The summed E-state index contributed by atoms with van der Waals surface area (Å²) in [7, 11) is 0. The molecule has 1 heterocycles. The number of hydrogen-bond acceptors (Lipinski definition) is 4. The summed E-state index contributed by atoms with van der Waals surface area (Å²) >= 11 is 5.92. The zero-order chi connectivity index (χ0) is 14.8. The third kappa shape index (κ3) is 2.35. The minimum absolute atomic E-state index is 0.0491. The van der Waals surface area contributed by atoms with Crippen molar-refractivity contribution in [3.05, 3.63) is 58.8 Å². The van der Waals surface area contributed by atoms with Crippen LogP contribution in [0.1, 0.15) is 16.1 Å². The van der Waals surface area contributed by atoms with E-state index in [2.05, 4.69) is 0 Å². The Balaban J connectivity index is 2.16. The van der Waals surface area contributed by atoms with Crippen molar-refractivity contribution in [2.45, 2.75) is 0 Å². The molecule has 0 N–H and O–H groups in total. The first-order chi connectivity index (χ1) is 10.2. The van der Waals surface area contributed by atoms with Crippen LogP contribution in [0, 0.1) is 11.3 Å². The average Bonchev–Trinajstić information content (AvgIpc) is 2.86. The van der Waals surface area contributed by atoms with Crippen molar-refractivity contribution in [2.24, 2.45) is 0 Å². The lowest BCUT2D eigenvalue weighted by atomic mass is 10.2. The number of carbonyl (C=O) groups is 1. The van der Waals surface area contributed by atoms with E-state index in [1.54, 1.807) is 30.3 Å². The molecule has 102 valence electrons. The monoisotopic (exact) mass is 297 g/mol. The van der Waals surface area contributed by atoms with Crippen LogP contribution in [0.2, 0.25) is 5.02 Å². The summed E-state index contributed by atoms with van der Waals surface area (Å²) in [5.41, 5.74) is 0.882. The molecule has 2 aromatic carbocycles. The zero-order valence-corrected chi connectivity index (χ0v) is 11.4. The predicted octanol–water partition coefficient (Wildman–Crippen LogP) is 4.56. The number of ether oxygens (including phenoxy) is 1. The summed E-state index contributed by atoms with van der Waals surface area (Å²) in [6, 6.07) is 13.7. The van der Waals surface area contributed by atoms with Crippen molar-refractivity contribution in [3.8, 4) is 17.6 Å². The van der Waals surface area contributed by atoms with Crippen molar-refractivity contribution in [1.82, 2.24) is 0 Å². The number of aldehydes is 1. The van der Waals surface area contributed by atoms with Gasteiger partial charge in [-0.2, -0.15) is 5.26 Å². The lowest BCUT2D eigenvalue weighted by molar-refractivity contribution is 0.112. The summed E-state index contributed by atoms with van der Waals surface area (Å²) in [5.74, 6) is 0.604. The molecular weight excluding hydrogens is 290 g/mol. The molecule has 5 heteroatoms. The molecule has 21 heavy (non-hydrogen) atoms. The molecule has 0 aliphatic carbocycles. The lowest BCUT2D eigenvalue weighted by Gasteiger charge is -2.07. The van der Waals surface area contributed by atoms with Gasteiger partial charge >= 0.3 is 0 Å². The van der Waals surface area contributed by atoms with Gasteiger partial charge in [0.05, 0.1) is 10.9 Å². The molecule has 0 radical (unpaired) electrons. The number of para-hydroxylation sites is 1. The SMILES string of the molecule is N#Cc1oc2ccccc2c1Oc1cc(Cl)ccc1C=O. The molecule has 0 unspecified atom stereocenters. The van der Waals surface area contributed by atoms with Crippen molar-refractivity contribution >= 4 is 28.9 Å². The van der Waals surface area contributed by atoms with E-state index in [1.165, 1.54) is 6.07 Å². The van der Waals surface area contributed by atoms with Gasteiger partial charge in [0.25, 0.3) is 0 Å². The Morgan fingerprint density at radius 1 is 1.24 bits per heavy atom. The Labute approximate surface area is 125 Å². The van der Waals surface area contributed by atoms with Gasteiger partial charge in [-0.15, -0.1) is 0 Å². The van der Waals surface area contributed by atoms with Gasteiger partial charge in [0.15, 0.2) is 12.0 Å². The molecule has 3 rings (SSSR count). The van der Waals surface area contributed by atoms with Crippen LogP contribution in [-0.4, -0.2) is 6.29 Å². The van der Waals surface area contributed by atoms with E-state index in [-0.39, 0.29) is 17.3 Å². The summed E-state index contributed by atoms with van der Waals surface area (Å²) in [6.07, 6.45) is 0.667. The minimum Gasteiger partial charge on any atom is -0.451 e. The normalized spacial score (nSPS) is 10.3.